The van der Waals surface area contributed by atoms with E-state index in [9.17, 15) is 0 Å². The molecule has 170 valence electrons. The van der Waals surface area contributed by atoms with E-state index in [4.69, 9.17) is 4.74 Å². The van der Waals surface area contributed by atoms with Gasteiger partial charge in [0.15, 0.2) is 11.8 Å². The normalized spacial score (nSPS) is 16.0. The van der Waals surface area contributed by atoms with E-state index < -0.39 is 0 Å². The maximum atomic E-state index is 5.20. The van der Waals surface area contributed by atoms with E-state index in [0.717, 1.165) is 41.9 Å². The molecule has 1 aliphatic heterocycles. The molecular formula is C23H29IN6OS. The molecule has 0 saturated carbocycles. The Bertz CT molecular complexity index is 995. The molecule has 4 rings (SSSR count). The topological polar surface area (TPSA) is 78.4 Å². The molecule has 2 heterocycles. The lowest BCUT2D eigenvalue weighted by molar-refractivity contribution is 0.415. The summed E-state index contributed by atoms with van der Waals surface area (Å²) in [5, 5.41) is 10.8. The Morgan fingerprint density at radius 2 is 2.00 bits per heavy atom. The van der Waals surface area contributed by atoms with Gasteiger partial charge in [-0.25, -0.2) is 4.98 Å². The number of hydrogen-bond acceptors (Lipinski definition) is 5. The molecule has 0 aliphatic carbocycles. The molecule has 2 aromatic carbocycles. The lowest BCUT2D eigenvalue weighted by atomic mass is 10.2. The predicted octanol–water partition coefficient (Wildman–Crippen LogP) is 4.29. The van der Waals surface area contributed by atoms with Crippen LogP contribution in [0.1, 0.15) is 12.2 Å². The average Bonchev–Trinajstić information content (AvgIpc) is 3.49. The van der Waals surface area contributed by atoms with Crippen molar-refractivity contribution in [2.75, 3.05) is 33.0 Å². The summed E-state index contributed by atoms with van der Waals surface area (Å²) in [5.74, 6) is 4.97. The molecule has 0 amide bonds. The van der Waals surface area contributed by atoms with E-state index in [-0.39, 0.29) is 24.0 Å². The number of methoxy groups -OCH3 is 1. The van der Waals surface area contributed by atoms with E-state index in [2.05, 4.69) is 60.7 Å². The number of nitrogens with zero attached hydrogens (tertiary/aromatic N) is 4. The smallest absolute Gasteiger partial charge is 0.194 e. The molecule has 0 radical (unpaired) electrons. The van der Waals surface area contributed by atoms with Crippen molar-refractivity contribution in [3.05, 3.63) is 60.4 Å². The number of likely N-dealkylation sites (tertiary alicyclic amines) is 1. The number of guanidine groups is 1. The molecule has 0 spiro atoms. The lowest BCUT2D eigenvalue weighted by Gasteiger charge is -2.21. The molecule has 9 heteroatoms. The number of thioether (sulfide) groups is 1. The Morgan fingerprint density at radius 1 is 1.22 bits per heavy atom. The molecule has 0 bridgehead atoms. The van der Waals surface area contributed by atoms with Crippen molar-refractivity contribution in [1.29, 1.82) is 0 Å². The largest absolute Gasteiger partial charge is 0.497 e. The first-order chi connectivity index (χ1) is 15.2. The summed E-state index contributed by atoms with van der Waals surface area (Å²) in [6, 6.07) is 18.3. The van der Waals surface area contributed by atoms with Gasteiger partial charge in [0, 0.05) is 36.3 Å². The van der Waals surface area contributed by atoms with Crippen LogP contribution in [0.15, 0.2) is 64.5 Å². The van der Waals surface area contributed by atoms with Crippen LogP contribution in [0.5, 0.6) is 5.75 Å². The van der Waals surface area contributed by atoms with E-state index >= 15 is 0 Å². The number of rotatable bonds is 7. The fourth-order valence-electron chi connectivity index (χ4n) is 3.63. The van der Waals surface area contributed by atoms with Crippen molar-refractivity contribution in [3.63, 3.8) is 0 Å². The SMILES string of the molecule is CN=C(NCc1nc(-c2ccc(OC)cc2)n[nH]1)N1CCC(CSc2ccccc2)C1.I. The molecule has 1 saturated heterocycles. The fraction of sp³-hybridized carbons (Fsp3) is 0.348. The van der Waals surface area contributed by atoms with Crippen LogP contribution in [0.3, 0.4) is 0 Å². The molecule has 1 aromatic heterocycles. The van der Waals surface area contributed by atoms with Gasteiger partial charge in [-0.3, -0.25) is 10.1 Å². The van der Waals surface area contributed by atoms with Gasteiger partial charge in [-0.05, 0) is 48.7 Å². The third kappa shape index (κ3) is 6.38. The van der Waals surface area contributed by atoms with Crippen LogP contribution in [0, 0.1) is 5.92 Å². The summed E-state index contributed by atoms with van der Waals surface area (Å²) in [6.07, 6.45) is 1.18. The van der Waals surface area contributed by atoms with Crippen LogP contribution in [-0.4, -0.2) is 59.0 Å². The number of halogens is 1. The van der Waals surface area contributed by atoms with Crippen molar-refractivity contribution in [3.8, 4) is 17.1 Å². The average molecular weight is 564 g/mol. The van der Waals surface area contributed by atoms with Gasteiger partial charge in [0.1, 0.15) is 11.6 Å². The lowest BCUT2D eigenvalue weighted by Crippen LogP contribution is -2.40. The second-order valence-electron chi connectivity index (χ2n) is 7.46. The number of nitrogens with one attached hydrogen (secondary N) is 2. The van der Waals surface area contributed by atoms with E-state index in [1.165, 1.54) is 11.3 Å². The number of aromatic nitrogens is 3. The van der Waals surface area contributed by atoms with E-state index in [0.29, 0.717) is 18.3 Å². The van der Waals surface area contributed by atoms with Gasteiger partial charge in [-0.1, -0.05) is 18.2 Å². The van der Waals surface area contributed by atoms with Crippen LogP contribution in [0.2, 0.25) is 0 Å². The van der Waals surface area contributed by atoms with Crippen molar-refractivity contribution in [2.45, 2.75) is 17.9 Å². The maximum Gasteiger partial charge on any atom is 0.194 e. The summed E-state index contributed by atoms with van der Waals surface area (Å²) >= 11 is 1.93. The molecule has 32 heavy (non-hydrogen) atoms. The number of benzene rings is 2. The van der Waals surface area contributed by atoms with Crippen LogP contribution >= 0.6 is 35.7 Å². The van der Waals surface area contributed by atoms with Crippen LogP contribution in [0.4, 0.5) is 0 Å². The quantitative estimate of drug-likeness (QED) is 0.193. The van der Waals surface area contributed by atoms with Gasteiger partial charge in [-0.2, -0.15) is 5.10 Å². The highest BCUT2D eigenvalue weighted by atomic mass is 127. The first-order valence-electron chi connectivity index (χ1n) is 10.4. The predicted molar refractivity (Wildman–Crippen MR) is 141 cm³/mol. The summed E-state index contributed by atoms with van der Waals surface area (Å²) in [4.78, 5) is 12.7. The zero-order valence-corrected chi connectivity index (χ0v) is 21.5. The van der Waals surface area contributed by atoms with Gasteiger partial charge in [-0.15, -0.1) is 35.7 Å². The highest BCUT2D eigenvalue weighted by Crippen LogP contribution is 2.26. The second-order valence-corrected chi connectivity index (χ2v) is 8.55. The number of aliphatic imine (C=N–C) groups is 1. The number of hydrogen-bond donors (Lipinski definition) is 2. The summed E-state index contributed by atoms with van der Waals surface area (Å²) in [7, 11) is 3.49. The van der Waals surface area contributed by atoms with Gasteiger partial charge < -0.3 is 15.0 Å². The van der Waals surface area contributed by atoms with Gasteiger partial charge in [0.25, 0.3) is 0 Å². The second kappa shape index (κ2) is 12.1. The Morgan fingerprint density at radius 3 is 2.72 bits per heavy atom. The van der Waals surface area contributed by atoms with E-state index in [1.807, 2.05) is 43.1 Å². The monoisotopic (exact) mass is 564 g/mol. The number of ether oxygens (including phenoxy) is 1. The number of aromatic amines is 1. The Balaban J connectivity index is 0.00000289. The van der Waals surface area contributed by atoms with Gasteiger partial charge >= 0.3 is 0 Å². The molecular weight excluding hydrogens is 535 g/mol. The Kier molecular flexibility index (Phi) is 9.22. The van der Waals surface area contributed by atoms with Crippen molar-refractivity contribution < 1.29 is 4.74 Å². The van der Waals surface area contributed by atoms with Crippen molar-refractivity contribution in [1.82, 2.24) is 25.4 Å². The zero-order valence-electron chi connectivity index (χ0n) is 18.3. The molecule has 1 aliphatic rings. The van der Waals surface area contributed by atoms with Gasteiger partial charge in [0.2, 0.25) is 0 Å². The first kappa shape index (κ1) is 24.4. The first-order valence-corrected chi connectivity index (χ1v) is 11.4. The standard InChI is InChI=1S/C23H28N6OS.HI/c1-24-23(29-13-12-17(15-29)16-31-20-6-4-3-5-7-20)25-14-21-26-22(28-27-21)18-8-10-19(30-2)11-9-18;/h3-11,17H,12-16H2,1-2H3,(H,24,25)(H,26,27,28);1H. The molecule has 1 atom stereocenters. The van der Waals surface area contributed by atoms with Crippen LogP contribution in [-0.2, 0) is 6.54 Å². The highest BCUT2D eigenvalue weighted by Gasteiger charge is 2.25. The third-order valence-corrected chi connectivity index (χ3v) is 6.56. The Hall–Kier alpha value is -2.27. The summed E-state index contributed by atoms with van der Waals surface area (Å²) in [6.45, 7) is 2.59. The minimum Gasteiger partial charge on any atom is -0.497 e. The number of H-pyrrole nitrogens is 1. The minimum atomic E-state index is 0. The maximum absolute atomic E-state index is 5.20. The summed E-state index contributed by atoms with van der Waals surface area (Å²) in [5.41, 5.74) is 0.950. The molecule has 2 N–H and O–H groups in total. The van der Waals surface area contributed by atoms with Crippen LogP contribution < -0.4 is 10.1 Å². The van der Waals surface area contributed by atoms with E-state index in [1.54, 1.807) is 7.11 Å². The Labute approximate surface area is 210 Å². The molecule has 1 unspecified atom stereocenters. The molecule has 3 aromatic rings. The molecule has 7 nitrogen and oxygen atoms in total. The van der Waals surface area contributed by atoms with Crippen LogP contribution in [0.25, 0.3) is 11.4 Å². The van der Waals surface area contributed by atoms with Gasteiger partial charge in [0.05, 0.1) is 13.7 Å². The fourth-order valence-corrected chi connectivity index (χ4v) is 4.68. The van der Waals surface area contributed by atoms with Crippen molar-refractivity contribution >= 4 is 41.7 Å². The minimum absolute atomic E-state index is 0. The summed E-state index contributed by atoms with van der Waals surface area (Å²) < 4.78 is 5.20. The zero-order chi connectivity index (χ0) is 21.5. The third-order valence-electron chi connectivity index (χ3n) is 5.32. The van der Waals surface area contributed by atoms with Crippen molar-refractivity contribution in [2.24, 2.45) is 10.9 Å². The highest BCUT2D eigenvalue weighted by molar-refractivity contribution is 14.0. The molecule has 1 fully saturated rings.